The van der Waals surface area contributed by atoms with Crippen LogP contribution in [0.3, 0.4) is 0 Å². The molecule has 8 heteroatoms. The largest absolute Gasteiger partial charge is 0.302 e. The molecule has 2 aromatic rings. The van der Waals surface area contributed by atoms with E-state index in [0.29, 0.717) is 16.0 Å². The highest BCUT2D eigenvalue weighted by Gasteiger charge is 2.14. The fraction of sp³-hybridized carbons (Fsp3) is 0.529. The first-order valence-electron chi connectivity index (χ1n) is 8.46. The molecule has 0 aliphatic carbocycles. The first-order valence-corrected chi connectivity index (χ1v) is 10.2. The Morgan fingerprint density at radius 1 is 1.16 bits per heavy atom. The molecular weight excluding hydrogens is 356 g/mol. The number of hydrogen-bond donors (Lipinski definition) is 2. The number of carbonyl (C=O) groups is 2. The molecule has 136 valence electrons. The Bertz CT molecular complexity index is 737. The van der Waals surface area contributed by atoms with Crippen LogP contribution >= 0.6 is 22.7 Å². The third-order valence-corrected chi connectivity index (χ3v) is 5.44. The molecule has 0 aromatic carbocycles. The minimum absolute atomic E-state index is 0.0799. The first-order chi connectivity index (χ1) is 11.9. The zero-order chi connectivity index (χ0) is 18.4. The summed E-state index contributed by atoms with van der Waals surface area (Å²) in [5.74, 6) is -0.333. The second-order valence-electron chi connectivity index (χ2n) is 6.01. The van der Waals surface area contributed by atoms with Crippen LogP contribution in [0.15, 0.2) is 5.38 Å². The van der Waals surface area contributed by atoms with Gasteiger partial charge in [-0.15, -0.1) is 22.7 Å². The minimum Gasteiger partial charge on any atom is -0.302 e. The van der Waals surface area contributed by atoms with Gasteiger partial charge in [0.05, 0.1) is 17.8 Å². The lowest BCUT2D eigenvalue weighted by Gasteiger charge is -2.03. The zero-order valence-electron chi connectivity index (χ0n) is 15.0. The quantitative estimate of drug-likeness (QED) is 0.728. The van der Waals surface area contributed by atoms with Crippen molar-refractivity contribution in [3.8, 4) is 0 Å². The fourth-order valence-corrected chi connectivity index (χ4v) is 3.85. The van der Waals surface area contributed by atoms with Gasteiger partial charge in [0.1, 0.15) is 0 Å². The molecule has 2 N–H and O–H groups in total. The zero-order valence-corrected chi connectivity index (χ0v) is 16.6. The summed E-state index contributed by atoms with van der Waals surface area (Å²) < 4.78 is 0. The van der Waals surface area contributed by atoms with E-state index in [9.17, 15) is 9.59 Å². The van der Waals surface area contributed by atoms with Crippen LogP contribution in [0.25, 0.3) is 0 Å². The van der Waals surface area contributed by atoms with Gasteiger partial charge in [0.15, 0.2) is 10.3 Å². The summed E-state index contributed by atoms with van der Waals surface area (Å²) in [6, 6.07) is 0. The maximum atomic E-state index is 12.2. The van der Waals surface area contributed by atoms with E-state index in [1.165, 1.54) is 27.6 Å². The minimum atomic E-state index is -0.147. The molecule has 2 heterocycles. The number of amides is 2. The van der Waals surface area contributed by atoms with E-state index in [1.54, 1.807) is 5.38 Å². The molecule has 0 radical (unpaired) electrons. The third-order valence-electron chi connectivity index (χ3n) is 3.48. The summed E-state index contributed by atoms with van der Waals surface area (Å²) in [6.45, 7) is 7.86. The Labute approximate surface area is 156 Å². The predicted octanol–water partition coefficient (Wildman–Crippen LogP) is 3.89. The third kappa shape index (κ3) is 5.61. The summed E-state index contributed by atoms with van der Waals surface area (Å²) in [6.07, 6.45) is 3.06. The Balaban J connectivity index is 1.94. The van der Waals surface area contributed by atoms with Crippen molar-refractivity contribution >= 4 is 44.8 Å². The van der Waals surface area contributed by atoms with Crippen LogP contribution in [0, 0.1) is 5.92 Å². The Morgan fingerprint density at radius 3 is 2.56 bits per heavy atom. The van der Waals surface area contributed by atoms with Gasteiger partial charge in [0.2, 0.25) is 11.8 Å². The van der Waals surface area contributed by atoms with Crippen LogP contribution in [-0.2, 0) is 28.9 Å². The lowest BCUT2D eigenvalue weighted by molar-refractivity contribution is -0.119. The van der Waals surface area contributed by atoms with Crippen LogP contribution in [0.4, 0.5) is 10.3 Å². The second kappa shape index (κ2) is 9.05. The molecule has 0 fully saturated rings. The molecule has 0 unspecified atom stereocenters. The number of hydrogen-bond acceptors (Lipinski definition) is 6. The average molecular weight is 381 g/mol. The van der Waals surface area contributed by atoms with E-state index in [2.05, 4.69) is 34.4 Å². The van der Waals surface area contributed by atoms with Crippen LogP contribution in [-0.4, -0.2) is 21.8 Å². The van der Waals surface area contributed by atoms with Crippen LogP contribution in [0.2, 0.25) is 0 Å². The van der Waals surface area contributed by atoms with E-state index in [-0.39, 0.29) is 24.2 Å². The fourth-order valence-electron chi connectivity index (χ4n) is 2.17. The normalized spacial score (nSPS) is 10.9. The standard InChI is InChI=1S/C17H24N4O2S2/c1-5-7-12-13(6-2)25-17(19-12)20-14(22)8-11-9-24-16(18-11)21-15(23)10(3)4/h9-10H,5-8H2,1-4H3,(H,18,21,23)(H,19,20,22). The molecule has 0 bridgehead atoms. The molecule has 0 aliphatic rings. The highest BCUT2D eigenvalue weighted by Crippen LogP contribution is 2.25. The highest BCUT2D eigenvalue weighted by atomic mass is 32.1. The molecule has 2 rings (SSSR count). The Morgan fingerprint density at radius 2 is 1.92 bits per heavy atom. The molecular formula is C17H24N4O2S2. The summed E-state index contributed by atoms with van der Waals surface area (Å²) in [4.78, 5) is 33.9. The summed E-state index contributed by atoms with van der Waals surface area (Å²) >= 11 is 2.86. The summed E-state index contributed by atoms with van der Waals surface area (Å²) in [5.41, 5.74) is 1.72. The van der Waals surface area contributed by atoms with Crippen molar-refractivity contribution in [1.82, 2.24) is 9.97 Å². The molecule has 0 saturated carbocycles. The monoisotopic (exact) mass is 380 g/mol. The molecule has 25 heavy (non-hydrogen) atoms. The summed E-state index contributed by atoms with van der Waals surface area (Å²) in [7, 11) is 0. The lowest BCUT2D eigenvalue weighted by Crippen LogP contribution is -2.18. The maximum Gasteiger partial charge on any atom is 0.232 e. The van der Waals surface area contributed by atoms with Crippen LogP contribution < -0.4 is 10.6 Å². The SMILES string of the molecule is CCCc1nc(NC(=O)Cc2csc(NC(=O)C(C)C)n2)sc1CC. The Hall–Kier alpha value is -1.80. The van der Waals surface area contributed by atoms with Gasteiger partial charge < -0.3 is 10.6 Å². The van der Waals surface area contributed by atoms with Crippen molar-refractivity contribution < 1.29 is 9.59 Å². The van der Waals surface area contributed by atoms with Crippen molar-refractivity contribution in [3.63, 3.8) is 0 Å². The molecule has 0 spiro atoms. The molecule has 0 saturated heterocycles. The van der Waals surface area contributed by atoms with E-state index >= 15 is 0 Å². The van der Waals surface area contributed by atoms with Gasteiger partial charge in [-0.05, 0) is 12.8 Å². The van der Waals surface area contributed by atoms with Crippen LogP contribution in [0.5, 0.6) is 0 Å². The predicted molar refractivity (Wildman–Crippen MR) is 103 cm³/mol. The van der Waals surface area contributed by atoms with Gasteiger partial charge in [-0.2, -0.15) is 0 Å². The number of anilines is 2. The number of nitrogens with zero attached hydrogens (tertiary/aromatic N) is 2. The summed E-state index contributed by atoms with van der Waals surface area (Å²) in [5, 5.41) is 8.56. The number of rotatable bonds is 8. The number of thiazole rings is 2. The van der Waals surface area contributed by atoms with Crippen molar-refractivity contribution in [3.05, 3.63) is 21.6 Å². The van der Waals surface area contributed by atoms with Crippen molar-refractivity contribution in [2.75, 3.05) is 10.6 Å². The maximum absolute atomic E-state index is 12.2. The number of aromatic nitrogens is 2. The second-order valence-corrected chi connectivity index (χ2v) is 7.95. The lowest BCUT2D eigenvalue weighted by atomic mass is 10.2. The van der Waals surface area contributed by atoms with E-state index in [1.807, 2.05) is 13.8 Å². The highest BCUT2D eigenvalue weighted by molar-refractivity contribution is 7.16. The molecule has 0 atom stereocenters. The van der Waals surface area contributed by atoms with Gasteiger partial charge in [-0.1, -0.05) is 34.1 Å². The molecule has 6 nitrogen and oxygen atoms in total. The van der Waals surface area contributed by atoms with E-state index in [4.69, 9.17) is 0 Å². The van der Waals surface area contributed by atoms with Crippen molar-refractivity contribution in [2.24, 2.45) is 5.92 Å². The van der Waals surface area contributed by atoms with E-state index < -0.39 is 0 Å². The van der Waals surface area contributed by atoms with Gasteiger partial charge in [-0.25, -0.2) is 9.97 Å². The number of aryl methyl sites for hydroxylation is 2. The van der Waals surface area contributed by atoms with Crippen molar-refractivity contribution in [2.45, 2.75) is 53.4 Å². The van der Waals surface area contributed by atoms with Crippen LogP contribution in [0.1, 0.15) is 50.4 Å². The number of nitrogens with one attached hydrogen (secondary N) is 2. The van der Waals surface area contributed by atoms with E-state index in [0.717, 1.165) is 25.0 Å². The molecule has 2 amide bonds. The van der Waals surface area contributed by atoms with Gasteiger partial charge in [0.25, 0.3) is 0 Å². The van der Waals surface area contributed by atoms with Gasteiger partial charge in [-0.3, -0.25) is 9.59 Å². The van der Waals surface area contributed by atoms with Gasteiger partial charge >= 0.3 is 0 Å². The molecule has 2 aromatic heterocycles. The molecule has 0 aliphatic heterocycles. The smallest absolute Gasteiger partial charge is 0.232 e. The average Bonchev–Trinajstić information content (AvgIpc) is 3.14. The van der Waals surface area contributed by atoms with Gasteiger partial charge in [0, 0.05) is 16.2 Å². The van der Waals surface area contributed by atoms with Crippen molar-refractivity contribution in [1.29, 1.82) is 0 Å². The number of carbonyl (C=O) groups excluding carboxylic acids is 2. The Kier molecular flexibility index (Phi) is 7.07. The topological polar surface area (TPSA) is 84.0 Å². The first kappa shape index (κ1) is 19.5.